The molecule has 3 rings (SSSR count). The van der Waals surface area contributed by atoms with Gasteiger partial charge in [0.05, 0.1) is 0 Å². The lowest BCUT2D eigenvalue weighted by atomic mass is 10.1. The average Bonchev–Trinajstić information content (AvgIpc) is 2.96. The molecule has 0 aliphatic carbocycles. The van der Waals surface area contributed by atoms with Gasteiger partial charge in [-0.25, -0.2) is 4.79 Å². The van der Waals surface area contributed by atoms with Gasteiger partial charge in [-0.2, -0.15) is 4.98 Å². The molecule has 1 saturated heterocycles. The maximum absolute atomic E-state index is 12.8. The fourth-order valence-electron chi connectivity index (χ4n) is 3.47. The third-order valence-corrected chi connectivity index (χ3v) is 5.00. The average molecular weight is 348 g/mol. The lowest BCUT2D eigenvalue weighted by Crippen LogP contribution is -2.44. The van der Waals surface area contributed by atoms with Crippen molar-refractivity contribution in [2.45, 2.75) is 45.7 Å². The minimum Gasteiger partial charge on any atom is -0.341 e. The molecule has 1 fully saturated rings. The van der Waals surface area contributed by atoms with E-state index < -0.39 is 0 Å². The number of nitrogens with zero attached hydrogens (tertiary/aromatic N) is 5. The number of piperidine rings is 1. The number of nitrogens with two attached hydrogens (primary N) is 1. The maximum Gasteiger partial charge on any atom is 0.332 e. The molecule has 138 valence electrons. The molecular weight excluding hydrogens is 320 g/mol. The summed E-state index contributed by atoms with van der Waals surface area (Å²) in [6, 6.07) is 0.110. The highest BCUT2D eigenvalue weighted by Gasteiger charge is 2.25. The van der Waals surface area contributed by atoms with Gasteiger partial charge in [-0.15, -0.1) is 0 Å². The smallest absolute Gasteiger partial charge is 0.332 e. The van der Waals surface area contributed by atoms with Crippen LogP contribution in [0.4, 0.5) is 5.95 Å². The Bertz CT molecular complexity index is 891. The Balaban J connectivity index is 2.23. The Morgan fingerprint density at radius 3 is 2.60 bits per heavy atom. The fraction of sp³-hybridized carbons (Fsp3) is 0.706. The van der Waals surface area contributed by atoms with E-state index in [1.165, 1.54) is 11.6 Å². The predicted octanol–water partition coefficient (Wildman–Crippen LogP) is 0.407. The number of fused-ring (bicyclic) bond motifs is 1. The van der Waals surface area contributed by atoms with Crippen LogP contribution in [-0.4, -0.2) is 37.8 Å². The second-order valence-electron chi connectivity index (χ2n) is 7.47. The fourth-order valence-corrected chi connectivity index (χ4v) is 3.47. The molecule has 1 aliphatic rings. The van der Waals surface area contributed by atoms with Gasteiger partial charge in [0.2, 0.25) is 5.95 Å². The highest BCUT2D eigenvalue weighted by molar-refractivity contribution is 5.74. The van der Waals surface area contributed by atoms with Crippen molar-refractivity contribution in [1.82, 2.24) is 18.7 Å². The van der Waals surface area contributed by atoms with Crippen LogP contribution >= 0.6 is 0 Å². The molecule has 0 spiro atoms. The molecule has 3 heterocycles. The first-order valence-electron chi connectivity index (χ1n) is 8.98. The number of hydrogen-bond acceptors (Lipinski definition) is 5. The molecule has 0 amide bonds. The monoisotopic (exact) mass is 348 g/mol. The number of imidazole rings is 1. The highest BCUT2D eigenvalue weighted by atomic mass is 16.2. The molecule has 1 atom stereocenters. The van der Waals surface area contributed by atoms with Crippen molar-refractivity contribution in [3.63, 3.8) is 0 Å². The molecule has 0 saturated carbocycles. The second-order valence-corrected chi connectivity index (χ2v) is 7.47. The van der Waals surface area contributed by atoms with Crippen molar-refractivity contribution in [1.29, 1.82) is 0 Å². The third-order valence-electron chi connectivity index (χ3n) is 5.00. The first-order chi connectivity index (χ1) is 11.8. The molecule has 2 aromatic heterocycles. The van der Waals surface area contributed by atoms with E-state index in [0.29, 0.717) is 23.6 Å². The Kier molecular flexibility index (Phi) is 4.73. The summed E-state index contributed by atoms with van der Waals surface area (Å²) in [4.78, 5) is 31.9. The van der Waals surface area contributed by atoms with Crippen LogP contribution in [0.2, 0.25) is 0 Å². The van der Waals surface area contributed by atoms with E-state index in [1.54, 1.807) is 7.05 Å². The van der Waals surface area contributed by atoms with Crippen molar-refractivity contribution in [2.75, 3.05) is 18.0 Å². The van der Waals surface area contributed by atoms with Crippen molar-refractivity contribution >= 4 is 17.1 Å². The third kappa shape index (κ3) is 3.10. The van der Waals surface area contributed by atoms with E-state index >= 15 is 0 Å². The Labute approximate surface area is 146 Å². The van der Waals surface area contributed by atoms with Crippen molar-refractivity contribution in [2.24, 2.45) is 25.7 Å². The molecule has 8 heteroatoms. The Morgan fingerprint density at radius 2 is 1.96 bits per heavy atom. The molecule has 2 N–H and O–H groups in total. The van der Waals surface area contributed by atoms with Crippen LogP contribution in [0.25, 0.3) is 11.2 Å². The van der Waals surface area contributed by atoms with Crippen molar-refractivity contribution in [3.05, 3.63) is 20.8 Å². The van der Waals surface area contributed by atoms with Gasteiger partial charge in [0.25, 0.3) is 5.56 Å². The Hall–Kier alpha value is -2.09. The first kappa shape index (κ1) is 17.7. The number of aryl methyl sites for hydroxylation is 2. The summed E-state index contributed by atoms with van der Waals surface area (Å²) in [6.45, 7) is 6.60. The Morgan fingerprint density at radius 1 is 1.24 bits per heavy atom. The van der Waals surface area contributed by atoms with Crippen LogP contribution < -0.4 is 21.9 Å². The van der Waals surface area contributed by atoms with E-state index in [4.69, 9.17) is 10.7 Å². The molecule has 1 unspecified atom stereocenters. The van der Waals surface area contributed by atoms with Crippen LogP contribution in [0, 0.1) is 5.92 Å². The lowest BCUT2D eigenvalue weighted by Gasteiger charge is -2.32. The van der Waals surface area contributed by atoms with Gasteiger partial charge in [0, 0.05) is 39.8 Å². The minimum atomic E-state index is -0.354. The van der Waals surface area contributed by atoms with Crippen LogP contribution in [0.15, 0.2) is 9.59 Å². The summed E-state index contributed by atoms with van der Waals surface area (Å²) in [5.74, 6) is 1.26. The molecular formula is C17H28N6O2. The van der Waals surface area contributed by atoms with Gasteiger partial charge in [-0.3, -0.25) is 13.9 Å². The molecule has 0 aromatic carbocycles. The van der Waals surface area contributed by atoms with E-state index in [9.17, 15) is 9.59 Å². The molecule has 0 bridgehead atoms. The van der Waals surface area contributed by atoms with Crippen LogP contribution in [-0.2, 0) is 20.6 Å². The number of aromatic nitrogens is 4. The number of anilines is 1. The first-order valence-corrected chi connectivity index (χ1v) is 8.98. The van der Waals surface area contributed by atoms with Crippen LogP contribution in [0.1, 0.15) is 33.1 Å². The van der Waals surface area contributed by atoms with Crippen LogP contribution in [0.3, 0.4) is 0 Å². The molecule has 1 aliphatic heterocycles. The maximum atomic E-state index is 12.8. The normalized spacial score (nSPS) is 18.5. The summed E-state index contributed by atoms with van der Waals surface area (Å²) < 4.78 is 4.59. The zero-order valence-corrected chi connectivity index (χ0v) is 15.5. The van der Waals surface area contributed by atoms with Crippen molar-refractivity contribution < 1.29 is 0 Å². The van der Waals surface area contributed by atoms with Gasteiger partial charge in [-0.05, 0) is 25.2 Å². The standard InChI is InChI=1S/C17H28N6O2/c1-11(2)7-9-23-13-14(20(3)17(25)21(4)15(13)24)19-16(23)22-8-5-6-12(18)10-22/h11-12H,5-10,18H2,1-4H3. The molecule has 0 radical (unpaired) electrons. The highest BCUT2D eigenvalue weighted by Crippen LogP contribution is 2.23. The van der Waals surface area contributed by atoms with E-state index in [2.05, 4.69) is 18.7 Å². The molecule has 8 nitrogen and oxygen atoms in total. The predicted molar refractivity (Wildman–Crippen MR) is 99.1 cm³/mol. The van der Waals surface area contributed by atoms with E-state index in [1.807, 2.05) is 4.57 Å². The second kappa shape index (κ2) is 6.67. The van der Waals surface area contributed by atoms with Gasteiger partial charge >= 0.3 is 5.69 Å². The van der Waals surface area contributed by atoms with Crippen molar-refractivity contribution in [3.8, 4) is 0 Å². The summed E-state index contributed by atoms with van der Waals surface area (Å²) in [6.07, 6.45) is 2.94. The van der Waals surface area contributed by atoms with Gasteiger partial charge in [0.15, 0.2) is 11.2 Å². The summed E-state index contributed by atoms with van der Waals surface area (Å²) in [5, 5.41) is 0. The zero-order valence-electron chi connectivity index (χ0n) is 15.5. The summed E-state index contributed by atoms with van der Waals surface area (Å²) in [5.41, 5.74) is 6.44. The molecule has 2 aromatic rings. The van der Waals surface area contributed by atoms with Crippen LogP contribution in [0.5, 0.6) is 0 Å². The summed E-state index contributed by atoms with van der Waals surface area (Å²) >= 11 is 0. The van der Waals surface area contributed by atoms with Gasteiger partial charge in [-0.1, -0.05) is 13.8 Å². The lowest BCUT2D eigenvalue weighted by molar-refractivity contribution is 0.480. The zero-order chi connectivity index (χ0) is 18.3. The quantitative estimate of drug-likeness (QED) is 0.864. The largest absolute Gasteiger partial charge is 0.341 e. The topological polar surface area (TPSA) is 91.1 Å². The molecule has 25 heavy (non-hydrogen) atoms. The van der Waals surface area contributed by atoms with E-state index in [0.717, 1.165) is 42.9 Å². The van der Waals surface area contributed by atoms with E-state index in [-0.39, 0.29) is 17.3 Å². The van der Waals surface area contributed by atoms with Gasteiger partial charge < -0.3 is 15.2 Å². The number of rotatable bonds is 4. The number of hydrogen-bond donors (Lipinski definition) is 1. The minimum absolute atomic E-state index is 0.110. The van der Waals surface area contributed by atoms with Gasteiger partial charge in [0.1, 0.15) is 0 Å². The summed E-state index contributed by atoms with van der Waals surface area (Å²) in [7, 11) is 3.18. The SMILES string of the molecule is CC(C)CCn1c(N2CCCC(N)C2)nc2c1c(=O)n(C)c(=O)n2C.